The molecule has 0 atom stereocenters. The number of ether oxygens (including phenoxy) is 3. The molecule has 0 radical (unpaired) electrons. The summed E-state index contributed by atoms with van der Waals surface area (Å²) in [4.78, 5) is 24.1. The van der Waals surface area contributed by atoms with Gasteiger partial charge in [-0.25, -0.2) is 9.59 Å². The van der Waals surface area contributed by atoms with E-state index in [1.54, 1.807) is 61.5 Å². The molecule has 0 spiro atoms. The molecule has 6 nitrogen and oxygen atoms in total. The molecule has 0 aromatic heterocycles. The molecule has 0 N–H and O–H groups in total. The van der Waals surface area contributed by atoms with Gasteiger partial charge in [-0.3, -0.25) is 0 Å². The van der Waals surface area contributed by atoms with Crippen molar-refractivity contribution in [3.63, 3.8) is 0 Å². The molecular weight excluding hydrogens is 334 g/mol. The molecule has 132 valence electrons. The third-order valence-corrected chi connectivity index (χ3v) is 3.36. The molecule has 0 unspecified atom stereocenters. The van der Waals surface area contributed by atoms with Crippen molar-refractivity contribution in [1.29, 1.82) is 5.26 Å². The lowest BCUT2D eigenvalue weighted by molar-refractivity contribution is -0.137. The van der Waals surface area contributed by atoms with E-state index in [-0.39, 0.29) is 17.9 Å². The van der Waals surface area contributed by atoms with Crippen molar-refractivity contribution in [3.05, 3.63) is 65.2 Å². The SMILES string of the molecule is CCOC(=O)C(C#N)=Cc1ccccc1OC(=O)c1ccc(OC)cc1. The summed E-state index contributed by atoms with van der Waals surface area (Å²) in [5, 5.41) is 9.15. The summed E-state index contributed by atoms with van der Waals surface area (Å²) >= 11 is 0. The lowest BCUT2D eigenvalue weighted by atomic mass is 10.1. The van der Waals surface area contributed by atoms with E-state index in [0.717, 1.165) is 0 Å². The quantitative estimate of drug-likeness (QED) is 0.343. The minimum atomic E-state index is -0.730. The van der Waals surface area contributed by atoms with E-state index in [0.29, 0.717) is 16.9 Å². The first-order chi connectivity index (χ1) is 12.6. The number of para-hydroxylation sites is 1. The fourth-order valence-electron chi connectivity index (χ4n) is 2.08. The fraction of sp³-hybridized carbons (Fsp3) is 0.150. The molecule has 0 heterocycles. The van der Waals surface area contributed by atoms with Crippen LogP contribution in [0.3, 0.4) is 0 Å². The Morgan fingerprint density at radius 3 is 2.42 bits per heavy atom. The topological polar surface area (TPSA) is 85.6 Å². The summed E-state index contributed by atoms with van der Waals surface area (Å²) in [5.74, 6) is -0.447. The van der Waals surface area contributed by atoms with E-state index in [4.69, 9.17) is 19.5 Å². The number of carbonyl (C=O) groups excluding carboxylic acids is 2. The molecule has 0 aliphatic heterocycles. The minimum absolute atomic E-state index is 0.159. The molecule has 0 aliphatic rings. The largest absolute Gasteiger partial charge is 0.497 e. The predicted octanol–water partition coefficient (Wildman–Crippen LogP) is 3.38. The second-order valence-electron chi connectivity index (χ2n) is 5.05. The normalized spacial score (nSPS) is 10.6. The number of esters is 2. The van der Waals surface area contributed by atoms with Gasteiger partial charge in [-0.1, -0.05) is 18.2 Å². The maximum atomic E-state index is 12.3. The van der Waals surface area contributed by atoms with Crippen LogP contribution in [0.2, 0.25) is 0 Å². The molecule has 6 heteroatoms. The van der Waals surface area contributed by atoms with Gasteiger partial charge in [0.25, 0.3) is 0 Å². The molecule has 0 amide bonds. The molecule has 2 aromatic rings. The van der Waals surface area contributed by atoms with Gasteiger partial charge >= 0.3 is 11.9 Å². The summed E-state index contributed by atoms with van der Waals surface area (Å²) in [6.07, 6.45) is 1.33. The van der Waals surface area contributed by atoms with Crippen molar-refractivity contribution in [1.82, 2.24) is 0 Å². The highest BCUT2D eigenvalue weighted by Gasteiger charge is 2.14. The maximum Gasteiger partial charge on any atom is 0.348 e. The third kappa shape index (κ3) is 4.71. The Labute approximate surface area is 151 Å². The van der Waals surface area contributed by atoms with E-state index in [9.17, 15) is 9.59 Å². The van der Waals surface area contributed by atoms with E-state index in [1.165, 1.54) is 13.2 Å². The van der Waals surface area contributed by atoms with Gasteiger partial charge in [-0.05, 0) is 43.3 Å². The predicted molar refractivity (Wildman–Crippen MR) is 94.6 cm³/mol. The molecule has 0 saturated carbocycles. The first-order valence-electron chi connectivity index (χ1n) is 7.83. The van der Waals surface area contributed by atoms with Crippen molar-refractivity contribution in [2.45, 2.75) is 6.92 Å². The summed E-state index contributed by atoms with van der Waals surface area (Å²) in [5.41, 5.74) is 0.578. The average molecular weight is 351 g/mol. The second-order valence-corrected chi connectivity index (χ2v) is 5.05. The van der Waals surface area contributed by atoms with Crippen LogP contribution in [-0.2, 0) is 9.53 Å². The number of benzene rings is 2. The Bertz CT molecular complexity index is 863. The minimum Gasteiger partial charge on any atom is -0.497 e. The average Bonchev–Trinajstić information content (AvgIpc) is 2.67. The molecule has 0 saturated heterocycles. The number of carbonyl (C=O) groups is 2. The Balaban J connectivity index is 2.26. The number of nitrogens with zero attached hydrogens (tertiary/aromatic N) is 1. The first kappa shape index (κ1) is 18.7. The lowest BCUT2D eigenvalue weighted by Gasteiger charge is -2.08. The Hall–Kier alpha value is -3.59. The third-order valence-electron chi connectivity index (χ3n) is 3.36. The van der Waals surface area contributed by atoms with Gasteiger partial charge in [-0.15, -0.1) is 0 Å². The monoisotopic (exact) mass is 351 g/mol. The van der Waals surface area contributed by atoms with Crippen molar-refractivity contribution in [3.8, 4) is 17.6 Å². The number of methoxy groups -OCH3 is 1. The van der Waals surface area contributed by atoms with Crippen LogP contribution in [0.4, 0.5) is 0 Å². The summed E-state index contributed by atoms with van der Waals surface area (Å²) < 4.78 is 15.3. The molecular formula is C20H17NO5. The highest BCUT2D eigenvalue weighted by Crippen LogP contribution is 2.23. The van der Waals surface area contributed by atoms with E-state index >= 15 is 0 Å². The summed E-state index contributed by atoms with van der Waals surface area (Å²) in [7, 11) is 1.53. The molecule has 26 heavy (non-hydrogen) atoms. The summed E-state index contributed by atoms with van der Waals surface area (Å²) in [6, 6.07) is 14.9. The Morgan fingerprint density at radius 2 is 1.81 bits per heavy atom. The lowest BCUT2D eigenvalue weighted by Crippen LogP contribution is -2.10. The van der Waals surface area contributed by atoms with Crippen LogP contribution in [-0.4, -0.2) is 25.7 Å². The van der Waals surface area contributed by atoms with Gasteiger partial charge in [0.05, 0.1) is 19.3 Å². The Morgan fingerprint density at radius 1 is 1.12 bits per heavy atom. The van der Waals surface area contributed by atoms with Gasteiger partial charge in [0.15, 0.2) is 0 Å². The van der Waals surface area contributed by atoms with E-state index in [2.05, 4.69) is 0 Å². The number of nitriles is 1. The van der Waals surface area contributed by atoms with Crippen LogP contribution in [0, 0.1) is 11.3 Å². The van der Waals surface area contributed by atoms with Gasteiger partial charge in [-0.2, -0.15) is 5.26 Å². The van der Waals surface area contributed by atoms with Crippen LogP contribution in [0.1, 0.15) is 22.8 Å². The highest BCUT2D eigenvalue weighted by atomic mass is 16.5. The molecule has 0 bridgehead atoms. The zero-order valence-corrected chi connectivity index (χ0v) is 14.4. The van der Waals surface area contributed by atoms with Gasteiger partial charge in [0.1, 0.15) is 23.1 Å². The highest BCUT2D eigenvalue weighted by molar-refractivity contribution is 5.98. The number of rotatable bonds is 6. The maximum absolute atomic E-state index is 12.3. The van der Waals surface area contributed by atoms with Crippen molar-refractivity contribution in [2.24, 2.45) is 0 Å². The van der Waals surface area contributed by atoms with Crippen LogP contribution >= 0.6 is 0 Å². The molecule has 0 aliphatic carbocycles. The molecule has 2 aromatic carbocycles. The van der Waals surface area contributed by atoms with Crippen LogP contribution < -0.4 is 9.47 Å². The zero-order valence-electron chi connectivity index (χ0n) is 14.4. The van der Waals surface area contributed by atoms with E-state index in [1.807, 2.05) is 0 Å². The summed E-state index contributed by atoms with van der Waals surface area (Å²) in [6.45, 7) is 1.81. The van der Waals surface area contributed by atoms with Gasteiger partial charge in [0, 0.05) is 5.56 Å². The Kier molecular flexibility index (Phi) is 6.52. The smallest absolute Gasteiger partial charge is 0.348 e. The first-order valence-corrected chi connectivity index (χ1v) is 7.83. The standard InChI is InChI=1S/C20H17NO5/c1-3-25-19(22)16(13-21)12-15-6-4-5-7-18(15)26-20(23)14-8-10-17(24-2)11-9-14/h4-12H,3H2,1-2H3. The van der Waals surface area contributed by atoms with Crippen molar-refractivity contribution >= 4 is 18.0 Å². The number of hydrogen-bond acceptors (Lipinski definition) is 6. The molecule has 2 rings (SSSR count). The molecule has 0 fully saturated rings. The number of hydrogen-bond donors (Lipinski definition) is 0. The zero-order chi connectivity index (χ0) is 18.9. The van der Waals surface area contributed by atoms with Crippen LogP contribution in [0.25, 0.3) is 6.08 Å². The van der Waals surface area contributed by atoms with Crippen molar-refractivity contribution < 1.29 is 23.8 Å². The van der Waals surface area contributed by atoms with Crippen molar-refractivity contribution in [2.75, 3.05) is 13.7 Å². The van der Waals surface area contributed by atoms with Crippen LogP contribution in [0.15, 0.2) is 54.1 Å². The van der Waals surface area contributed by atoms with Gasteiger partial charge in [0.2, 0.25) is 0 Å². The van der Waals surface area contributed by atoms with Gasteiger partial charge < -0.3 is 14.2 Å². The van der Waals surface area contributed by atoms with E-state index < -0.39 is 11.9 Å². The second kappa shape index (κ2) is 9.04. The fourth-order valence-corrected chi connectivity index (χ4v) is 2.08. The van der Waals surface area contributed by atoms with Crippen LogP contribution in [0.5, 0.6) is 11.5 Å².